The molecule has 0 radical (unpaired) electrons. The van der Waals surface area contributed by atoms with E-state index < -0.39 is 30.6 Å². The summed E-state index contributed by atoms with van der Waals surface area (Å²) in [5, 5.41) is 24.4. The number of hydrogen-bond acceptors (Lipinski definition) is 10. The van der Waals surface area contributed by atoms with E-state index in [0.29, 0.717) is 49.1 Å². The first kappa shape index (κ1) is 27.1. The third-order valence-electron chi connectivity index (χ3n) is 7.62. The molecule has 7 N–H and O–H groups in total. The first-order valence-electron chi connectivity index (χ1n) is 13.4. The van der Waals surface area contributed by atoms with Crippen molar-refractivity contribution in [2.24, 2.45) is 11.7 Å². The summed E-state index contributed by atoms with van der Waals surface area (Å²) < 4.78 is 18.4. The van der Waals surface area contributed by atoms with Gasteiger partial charge in [-0.05, 0) is 55.4 Å². The third kappa shape index (κ3) is 5.78. The molecule has 1 aromatic carbocycles. The SMILES string of the molecule is CC[C@@H](CC[C@H](N)C(=O)NCCc1ccc2c(c1)OCO2)C[C@H]1O[C@@H](n2cnc3c(N)ccnc32)C(O)[C@H]1O. The molecular weight excluding hydrogens is 504 g/mol. The van der Waals surface area contributed by atoms with Gasteiger partial charge in [-0.2, -0.15) is 0 Å². The highest BCUT2D eigenvalue weighted by Gasteiger charge is 2.44. The zero-order valence-electron chi connectivity index (χ0n) is 21.9. The number of fused-ring (bicyclic) bond motifs is 2. The maximum absolute atomic E-state index is 12.6. The van der Waals surface area contributed by atoms with E-state index in [1.165, 1.54) is 6.33 Å². The number of aliphatic hydroxyl groups excluding tert-OH is 2. The molecule has 1 amide bonds. The number of anilines is 1. The molecule has 0 bridgehead atoms. The molecule has 0 aliphatic carbocycles. The molecule has 0 saturated carbocycles. The first-order valence-corrected chi connectivity index (χ1v) is 13.4. The predicted molar refractivity (Wildman–Crippen MR) is 143 cm³/mol. The van der Waals surface area contributed by atoms with E-state index in [1.807, 2.05) is 25.1 Å². The highest BCUT2D eigenvalue weighted by atomic mass is 16.7. The lowest BCUT2D eigenvalue weighted by atomic mass is 9.90. The molecule has 4 heterocycles. The molecule has 3 aromatic rings. The molecule has 0 spiro atoms. The highest BCUT2D eigenvalue weighted by Crippen LogP contribution is 2.36. The summed E-state index contributed by atoms with van der Waals surface area (Å²) in [4.78, 5) is 21.2. The second-order valence-corrected chi connectivity index (χ2v) is 10.2. The Morgan fingerprint density at radius 1 is 1.18 bits per heavy atom. The summed E-state index contributed by atoms with van der Waals surface area (Å²) in [6.45, 7) is 2.74. The smallest absolute Gasteiger partial charge is 0.236 e. The minimum Gasteiger partial charge on any atom is -0.454 e. The van der Waals surface area contributed by atoms with Crippen molar-refractivity contribution < 1.29 is 29.2 Å². The van der Waals surface area contributed by atoms with Crippen LogP contribution in [-0.2, 0) is 16.0 Å². The average molecular weight is 541 g/mol. The maximum Gasteiger partial charge on any atom is 0.236 e. The summed E-state index contributed by atoms with van der Waals surface area (Å²) in [7, 11) is 0. The van der Waals surface area contributed by atoms with Crippen LogP contribution in [0.3, 0.4) is 0 Å². The predicted octanol–water partition coefficient (Wildman–Crippen LogP) is 1.24. The number of nitrogen functional groups attached to an aromatic ring is 1. The zero-order chi connectivity index (χ0) is 27.5. The topological polar surface area (TPSA) is 180 Å². The highest BCUT2D eigenvalue weighted by molar-refractivity contribution is 5.83. The molecule has 5 rings (SSSR count). The monoisotopic (exact) mass is 540 g/mol. The van der Waals surface area contributed by atoms with E-state index in [4.69, 9.17) is 25.7 Å². The van der Waals surface area contributed by atoms with Crippen LogP contribution < -0.4 is 26.3 Å². The number of hydrogen-bond donors (Lipinski definition) is 5. The van der Waals surface area contributed by atoms with Crippen LogP contribution in [-0.4, -0.2) is 68.3 Å². The van der Waals surface area contributed by atoms with Gasteiger partial charge in [0, 0.05) is 12.7 Å². The number of nitrogens with one attached hydrogen (secondary N) is 1. The second-order valence-electron chi connectivity index (χ2n) is 10.2. The number of carbonyl (C=O) groups excluding carboxylic acids is 1. The normalized spacial score (nSPS) is 23.7. The molecule has 39 heavy (non-hydrogen) atoms. The standard InChI is InChI=1S/C27H36N6O6/c1-2-15(3-5-18(29)26(36)31-9-7-16-4-6-19-20(12-16)38-14-37-19)11-21-23(34)24(35)27(39-21)33-13-32-22-17(28)8-10-30-25(22)33/h4,6,8,10,12-13,15,18,21,23-24,27,34-35H,2-3,5,7,9,11,14,29H2,1H3,(H2,28,30)(H,31,36)/t15-,18-,21+,23-,24?,27+/m0/s1. The Morgan fingerprint density at radius 2 is 2.00 bits per heavy atom. The van der Waals surface area contributed by atoms with Gasteiger partial charge in [0.1, 0.15) is 17.7 Å². The molecule has 1 unspecified atom stereocenters. The molecule has 210 valence electrons. The number of aromatic nitrogens is 3. The van der Waals surface area contributed by atoms with Gasteiger partial charge in [-0.3, -0.25) is 9.36 Å². The Balaban J connectivity index is 1.09. The number of aliphatic hydroxyl groups is 2. The van der Waals surface area contributed by atoms with Gasteiger partial charge in [-0.15, -0.1) is 0 Å². The van der Waals surface area contributed by atoms with Crippen molar-refractivity contribution in [2.75, 3.05) is 19.1 Å². The summed E-state index contributed by atoms with van der Waals surface area (Å²) in [5.74, 6) is 1.40. The zero-order valence-corrected chi connectivity index (χ0v) is 21.9. The molecule has 12 heteroatoms. The maximum atomic E-state index is 12.6. The van der Waals surface area contributed by atoms with Crippen molar-refractivity contribution >= 4 is 22.8 Å². The van der Waals surface area contributed by atoms with Gasteiger partial charge in [0.25, 0.3) is 0 Å². The Morgan fingerprint density at radius 3 is 2.82 bits per heavy atom. The van der Waals surface area contributed by atoms with Gasteiger partial charge >= 0.3 is 0 Å². The minimum atomic E-state index is -1.15. The van der Waals surface area contributed by atoms with Crippen LogP contribution in [0.1, 0.15) is 44.4 Å². The number of imidazole rings is 1. The van der Waals surface area contributed by atoms with Crippen LogP contribution in [0.15, 0.2) is 36.8 Å². The number of rotatable bonds is 11. The average Bonchev–Trinajstić information content (AvgIpc) is 3.65. The number of amides is 1. The number of ether oxygens (including phenoxy) is 3. The van der Waals surface area contributed by atoms with Gasteiger partial charge in [-0.1, -0.05) is 19.4 Å². The fourth-order valence-electron chi connectivity index (χ4n) is 5.21. The summed E-state index contributed by atoms with van der Waals surface area (Å²) >= 11 is 0. The number of nitrogens with zero attached hydrogens (tertiary/aromatic N) is 3. The Bertz CT molecular complexity index is 1300. The van der Waals surface area contributed by atoms with Crippen molar-refractivity contribution in [3.63, 3.8) is 0 Å². The number of nitrogens with two attached hydrogens (primary N) is 2. The van der Waals surface area contributed by atoms with Crippen molar-refractivity contribution in [3.05, 3.63) is 42.4 Å². The first-order chi connectivity index (χ1) is 18.9. The Hall–Kier alpha value is -3.45. The van der Waals surface area contributed by atoms with Crippen molar-refractivity contribution in [2.45, 2.75) is 69.6 Å². The van der Waals surface area contributed by atoms with Crippen molar-refractivity contribution in [1.29, 1.82) is 0 Å². The van der Waals surface area contributed by atoms with Crippen LogP contribution in [0.5, 0.6) is 11.5 Å². The lowest BCUT2D eigenvalue weighted by molar-refractivity contribution is -0.122. The third-order valence-corrected chi connectivity index (χ3v) is 7.62. The van der Waals surface area contributed by atoms with Crippen LogP contribution >= 0.6 is 0 Å². The van der Waals surface area contributed by atoms with Gasteiger partial charge in [0.2, 0.25) is 12.7 Å². The molecule has 12 nitrogen and oxygen atoms in total. The molecule has 6 atom stereocenters. The largest absolute Gasteiger partial charge is 0.454 e. The molecule has 2 aromatic heterocycles. The molecule has 2 aliphatic rings. The van der Waals surface area contributed by atoms with Gasteiger partial charge in [0.15, 0.2) is 23.4 Å². The summed E-state index contributed by atoms with van der Waals surface area (Å²) in [6, 6.07) is 6.75. The quantitative estimate of drug-likeness (QED) is 0.237. The Kier molecular flexibility index (Phi) is 8.17. The van der Waals surface area contributed by atoms with Crippen LogP contribution in [0.4, 0.5) is 5.69 Å². The molecule has 1 fully saturated rings. The molecular formula is C27H36N6O6. The lowest BCUT2D eigenvalue weighted by Crippen LogP contribution is -2.41. The molecule has 2 aliphatic heterocycles. The van der Waals surface area contributed by atoms with Gasteiger partial charge in [-0.25, -0.2) is 9.97 Å². The van der Waals surface area contributed by atoms with E-state index in [9.17, 15) is 15.0 Å². The fourth-order valence-corrected chi connectivity index (χ4v) is 5.21. The Labute approximate surface area is 226 Å². The lowest BCUT2D eigenvalue weighted by Gasteiger charge is -2.22. The van der Waals surface area contributed by atoms with E-state index >= 15 is 0 Å². The summed E-state index contributed by atoms with van der Waals surface area (Å²) in [5.41, 5.74) is 14.7. The van der Waals surface area contributed by atoms with Crippen LogP contribution in [0.2, 0.25) is 0 Å². The minimum absolute atomic E-state index is 0.149. The molecule has 1 saturated heterocycles. The van der Waals surface area contributed by atoms with Crippen LogP contribution in [0.25, 0.3) is 11.2 Å². The van der Waals surface area contributed by atoms with Crippen molar-refractivity contribution in [3.8, 4) is 11.5 Å². The van der Waals surface area contributed by atoms with Crippen LogP contribution in [0, 0.1) is 5.92 Å². The number of carbonyl (C=O) groups is 1. The van der Waals surface area contributed by atoms with E-state index in [2.05, 4.69) is 15.3 Å². The van der Waals surface area contributed by atoms with E-state index in [1.54, 1.807) is 16.8 Å². The van der Waals surface area contributed by atoms with Gasteiger partial charge in [0.05, 0.1) is 24.2 Å². The number of pyridine rings is 1. The fraction of sp³-hybridized carbons (Fsp3) is 0.519. The van der Waals surface area contributed by atoms with Crippen molar-refractivity contribution in [1.82, 2.24) is 19.9 Å². The number of benzene rings is 1. The van der Waals surface area contributed by atoms with E-state index in [0.717, 1.165) is 23.5 Å². The van der Waals surface area contributed by atoms with Gasteiger partial charge < -0.3 is 41.2 Å². The van der Waals surface area contributed by atoms with E-state index in [-0.39, 0.29) is 18.6 Å². The summed E-state index contributed by atoms with van der Waals surface area (Å²) in [6.07, 6.45) is 2.62. The second kappa shape index (κ2) is 11.7.